The maximum absolute atomic E-state index is 12.0. The van der Waals surface area contributed by atoms with Gasteiger partial charge in [0.25, 0.3) is 0 Å². The molecule has 0 aliphatic heterocycles. The van der Waals surface area contributed by atoms with Gasteiger partial charge >= 0.3 is 5.95 Å². The molecule has 0 aliphatic carbocycles. The molecule has 8 nitrogen and oxygen atoms in total. The van der Waals surface area contributed by atoms with Gasteiger partial charge in [-0.1, -0.05) is 23.2 Å². The third-order valence-electron chi connectivity index (χ3n) is 2.50. The average Bonchev–Trinajstić information content (AvgIpc) is 2.87. The van der Waals surface area contributed by atoms with Gasteiger partial charge in [0, 0.05) is 17.8 Å². The number of likely N-dealkylation sites (N-methyl/N-ethyl adjacent to an activating group) is 1. The van der Waals surface area contributed by atoms with Gasteiger partial charge in [-0.05, 0) is 17.1 Å². The Morgan fingerprint density at radius 1 is 1.42 bits per heavy atom. The molecule has 1 aromatic heterocycles. The van der Waals surface area contributed by atoms with E-state index in [1.165, 1.54) is 4.90 Å². The smallest absolute Gasteiger partial charge is 0.390 e. The molecular weight excluding hydrogens is 250 g/mol. The summed E-state index contributed by atoms with van der Waals surface area (Å²) in [5, 5.41) is 14.0. The van der Waals surface area contributed by atoms with Crippen molar-refractivity contribution in [3.63, 3.8) is 0 Å². The molecule has 0 radical (unpaired) electrons. The van der Waals surface area contributed by atoms with E-state index in [9.17, 15) is 14.9 Å². The van der Waals surface area contributed by atoms with E-state index in [0.29, 0.717) is 0 Å². The number of carbonyl (C=O) groups excluding carboxylic acids is 1. The van der Waals surface area contributed by atoms with Crippen molar-refractivity contribution in [1.82, 2.24) is 14.8 Å². The first-order chi connectivity index (χ1) is 9.08. The van der Waals surface area contributed by atoms with Gasteiger partial charge < -0.3 is 15.0 Å². The Balaban J connectivity index is 2.06. The third-order valence-corrected chi connectivity index (χ3v) is 2.50. The van der Waals surface area contributed by atoms with Crippen LogP contribution in [0.15, 0.2) is 36.7 Å². The van der Waals surface area contributed by atoms with Gasteiger partial charge in [0.05, 0.1) is 0 Å². The zero-order valence-corrected chi connectivity index (χ0v) is 10.1. The number of anilines is 1. The summed E-state index contributed by atoms with van der Waals surface area (Å²) >= 11 is 0. The van der Waals surface area contributed by atoms with E-state index in [0.717, 1.165) is 16.7 Å². The maximum Gasteiger partial charge on any atom is 0.490 e. The van der Waals surface area contributed by atoms with Gasteiger partial charge in [-0.25, -0.2) is 0 Å². The highest BCUT2D eigenvalue weighted by molar-refractivity contribution is 5.92. The second-order valence-electron chi connectivity index (χ2n) is 3.79. The average molecular weight is 261 g/mol. The number of nitrogens with zero attached hydrogens (tertiary/aromatic N) is 5. The molecule has 0 unspecified atom stereocenters. The predicted octanol–water partition coefficient (Wildman–Crippen LogP) is 0.849. The fourth-order valence-electron chi connectivity index (χ4n) is 1.48. The summed E-state index contributed by atoms with van der Waals surface area (Å²) in [5.74, 6) is -0.763. The molecule has 19 heavy (non-hydrogen) atoms. The van der Waals surface area contributed by atoms with Crippen molar-refractivity contribution >= 4 is 17.5 Å². The third kappa shape index (κ3) is 2.92. The summed E-state index contributed by atoms with van der Waals surface area (Å²) in [4.78, 5) is 26.6. The minimum Gasteiger partial charge on any atom is -0.390 e. The number of rotatable bonds is 4. The normalized spacial score (nSPS) is 10.2. The minimum atomic E-state index is -0.706. The number of para-hydroxylation sites is 1. The lowest BCUT2D eigenvalue weighted by Gasteiger charge is -2.16. The molecular formula is C11H11N5O3. The standard InChI is InChI=1S/C11H11N5O3/c1-14(9-5-3-2-4-6-9)10(17)7-15-8-12-11(13-15)16(18)19/h2-6,8H,7H2,1H3. The van der Waals surface area contributed by atoms with Gasteiger partial charge in [-0.15, -0.1) is 0 Å². The van der Waals surface area contributed by atoms with Crippen molar-refractivity contribution in [2.45, 2.75) is 6.54 Å². The number of aromatic nitrogens is 3. The van der Waals surface area contributed by atoms with Crippen LogP contribution >= 0.6 is 0 Å². The zero-order chi connectivity index (χ0) is 13.8. The van der Waals surface area contributed by atoms with Crippen LogP contribution in [0, 0.1) is 10.1 Å². The molecule has 0 aliphatic rings. The van der Waals surface area contributed by atoms with E-state index >= 15 is 0 Å². The van der Waals surface area contributed by atoms with Crippen molar-refractivity contribution in [2.75, 3.05) is 11.9 Å². The van der Waals surface area contributed by atoms with Crippen molar-refractivity contribution in [3.8, 4) is 0 Å². The lowest BCUT2D eigenvalue weighted by atomic mass is 10.3. The van der Waals surface area contributed by atoms with Crippen LogP contribution in [-0.4, -0.2) is 32.6 Å². The summed E-state index contributed by atoms with van der Waals surface area (Å²) in [6.45, 7) is -0.105. The Kier molecular flexibility index (Phi) is 3.51. The Bertz CT molecular complexity index is 595. The van der Waals surface area contributed by atoms with E-state index < -0.39 is 10.9 Å². The second-order valence-corrected chi connectivity index (χ2v) is 3.79. The Hall–Kier alpha value is -2.77. The van der Waals surface area contributed by atoms with Crippen LogP contribution in [0.5, 0.6) is 0 Å². The largest absolute Gasteiger partial charge is 0.490 e. The van der Waals surface area contributed by atoms with Crippen LogP contribution in [-0.2, 0) is 11.3 Å². The molecule has 0 saturated carbocycles. The van der Waals surface area contributed by atoms with Crippen molar-refractivity contribution in [3.05, 3.63) is 46.8 Å². The molecule has 1 amide bonds. The summed E-state index contributed by atoms with van der Waals surface area (Å²) in [6, 6.07) is 9.07. The lowest BCUT2D eigenvalue weighted by molar-refractivity contribution is -0.394. The van der Waals surface area contributed by atoms with E-state index in [1.807, 2.05) is 18.2 Å². The molecule has 0 N–H and O–H groups in total. The van der Waals surface area contributed by atoms with Crippen molar-refractivity contribution < 1.29 is 9.72 Å². The first-order valence-electron chi connectivity index (χ1n) is 5.43. The van der Waals surface area contributed by atoms with Crippen molar-refractivity contribution in [2.24, 2.45) is 0 Å². The fraction of sp³-hybridized carbons (Fsp3) is 0.182. The van der Waals surface area contributed by atoms with E-state index in [2.05, 4.69) is 10.1 Å². The van der Waals surface area contributed by atoms with Gasteiger partial charge in [0.2, 0.25) is 12.2 Å². The second kappa shape index (κ2) is 5.25. The van der Waals surface area contributed by atoms with E-state index in [4.69, 9.17) is 0 Å². The van der Waals surface area contributed by atoms with Crippen LogP contribution in [0.2, 0.25) is 0 Å². The van der Waals surface area contributed by atoms with Crippen LogP contribution in [0.25, 0.3) is 0 Å². The topological polar surface area (TPSA) is 94.2 Å². The number of benzene rings is 1. The molecule has 0 spiro atoms. The monoisotopic (exact) mass is 261 g/mol. The fourth-order valence-corrected chi connectivity index (χ4v) is 1.48. The number of hydrogen-bond donors (Lipinski definition) is 0. The SMILES string of the molecule is CN(C(=O)Cn1cnc([N+](=O)[O-])n1)c1ccccc1. The zero-order valence-electron chi connectivity index (χ0n) is 10.1. The van der Waals surface area contributed by atoms with Gasteiger partial charge in [-0.2, -0.15) is 4.68 Å². The van der Waals surface area contributed by atoms with Crippen LogP contribution in [0.3, 0.4) is 0 Å². The quantitative estimate of drug-likeness (QED) is 0.600. The van der Waals surface area contributed by atoms with E-state index in [-0.39, 0.29) is 12.5 Å². The molecule has 2 aromatic rings. The molecule has 0 atom stereocenters. The molecule has 0 saturated heterocycles. The molecule has 0 bridgehead atoms. The van der Waals surface area contributed by atoms with Crippen LogP contribution in [0.4, 0.5) is 11.6 Å². The summed E-state index contributed by atoms with van der Waals surface area (Å²) in [5.41, 5.74) is 0.738. The summed E-state index contributed by atoms with van der Waals surface area (Å²) < 4.78 is 1.14. The highest BCUT2D eigenvalue weighted by Crippen LogP contribution is 2.11. The van der Waals surface area contributed by atoms with Gasteiger partial charge in [-0.3, -0.25) is 4.79 Å². The van der Waals surface area contributed by atoms with Crippen LogP contribution < -0.4 is 4.90 Å². The molecule has 98 valence electrons. The first kappa shape index (κ1) is 12.7. The Labute approximate surface area is 108 Å². The molecule has 1 heterocycles. The highest BCUT2D eigenvalue weighted by atomic mass is 16.6. The number of nitro groups is 1. The molecule has 8 heteroatoms. The van der Waals surface area contributed by atoms with Gasteiger partial charge in [0.15, 0.2) is 0 Å². The number of hydrogen-bond acceptors (Lipinski definition) is 5. The summed E-state index contributed by atoms with van der Waals surface area (Å²) in [7, 11) is 1.63. The van der Waals surface area contributed by atoms with E-state index in [1.54, 1.807) is 19.2 Å². The Morgan fingerprint density at radius 2 is 2.11 bits per heavy atom. The molecule has 1 aromatic carbocycles. The van der Waals surface area contributed by atoms with Crippen molar-refractivity contribution in [1.29, 1.82) is 0 Å². The number of carbonyl (C=O) groups is 1. The highest BCUT2D eigenvalue weighted by Gasteiger charge is 2.17. The Morgan fingerprint density at radius 3 is 2.68 bits per heavy atom. The van der Waals surface area contributed by atoms with Crippen LogP contribution in [0.1, 0.15) is 0 Å². The maximum atomic E-state index is 12.0. The summed E-state index contributed by atoms with van der Waals surface area (Å²) in [6.07, 6.45) is 1.16. The molecule has 2 rings (SSSR count). The molecule has 0 fully saturated rings. The van der Waals surface area contributed by atoms with Gasteiger partial charge in [0.1, 0.15) is 6.54 Å². The minimum absolute atomic E-state index is 0.105. The number of amides is 1. The lowest BCUT2D eigenvalue weighted by Crippen LogP contribution is -2.30. The predicted molar refractivity (Wildman–Crippen MR) is 66.5 cm³/mol. The first-order valence-corrected chi connectivity index (χ1v) is 5.43.